The van der Waals surface area contributed by atoms with Gasteiger partial charge in [-0.3, -0.25) is 0 Å². The molecule has 2 aromatic carbocycles. The Labute approximate surface area is 161 Å². The molecule has 1 atom stereocenters. The van der Waals surface area contributed by atoms with Crippen molar-refractivity contribution in [3.63, 3.8) is 0 Å². The normalized spacial score (nSPS) is 13.0. The van der Waals surface area contributed by atoms with Gasteiger partial charge in [-0.15, -0.1) is 0 Å². The summed E-state index contributed by atoms with van der Waals surface area (Å²) in [5.41, 5.74) is 4.23. The average molecular weight is 361 g/mol. The van der Waals surface area contributed by atoms with Crippen molar-refractivity contribution >= 4 is 22.4 Å². The van der Waals surface area contributed by atoms with Crippen LogP contribution in [0.1, 0.15) is 56.7 Å². The van der Waals surface area contributed by atoms with Crippen LogP contribution in [-0.4, -0.2) is 15.6 Å². The lowest BCUT2D eigenvalue weighted by Crippen LogP contribution is -2.09. The summed E-state index contributed by atoms with van der Waals surface area (Å²) >= 11 is 0. The van der Waals surface area contributed by atoms with E-state index in [1.165, 1.54) is 36.4 Å². The maximum Gasteiger partial charge on any atom is 0.328 e. The minimum absolute atomic E-state index is 0.316. The van der Waals surface area contributed by atoms with Crippen molar-refractivity contribution in [2.75, 3.05) is 0 Å². The fraction of sp³-hybridized carbons (Fsp3) is 0.292. The Hall–Kier alpha value is -2.81. The molecule has 1 unspecified atom stereocenters. The van der Waals surface area contributed by atoms with Gasteiger partial charge in [-0.2, -0.15) is 0 Å². The summed E-state index contributed by atoms with van der Waals surface area (Å²) in [7, 11) is 0. The van der Waals surface area contributed by atoms with Crippen LogP contribution in [-0.2, 0) is 4.79 Å². The van der Waals surface area contributed by atoms with E-state index in [4.69, 9.17) is 5.11 Å². The zero-order valence-electron chi connectivity index (χ0n) is 16.1. The third-order valence-corrected chi connectivity index (χ3v) is 5.12. The molecule has 0 bridgehead atoms. The molecule has 3 aromatic rings. The van der Waals surface area contributed by atoms with E-state index in [1.54, 1.807) is 0 Å². The van der Waals surface area contributed by atoms with Crippen molar-refractivity contribution in [3.05, 3.63) is 78.0 Å². The van der Waals surface area contributed by atoms with Gasteiger partial charge in [-0.05, 0) is 48.2 Å². The molecular weight excluding hydrogens is 334 g/mol. The van der Waals surface area contributed by atoms with Gasteiger partial charge in [0.05, 0.1) is 6.04 Å². The van der Waals surface area contributed by atoms with Gasteiger partial charge < -0.3 is 9.67 Å². The van der Waals surface area contributed by atoms with Crippen LogP contribution < -0.4 is 0 Å². The van der Waals surface area contributed by atoms with E-state index in [0.717, 1.165) is 22.9 Å². The van der Waals surface area contributed by atoms with E-state index >= 15 is 0 Å². The number of carbonyl (C=O) groups is 1. The second-order valence-electron chi connectivity index (χ2n) is 7.08. The number of nitrogens with zero attached hydrogens (tertiary/aromatic N) is 1. The number of unbranched alkanes of at least 4 members (excludes halogenated alkanes) is 2. The average Bonchev–Trinajstić information content (AvgIpc) is 3.08. The Morgan fingerprint density at radius 1 is 1.11 bits per heavy atom. The van der Waals surface area contributed by atoms with E-state index < -0.39 is 5.97 Å². The first kappa shape index (κ1) is 19.0. The lowest BCUT2D eigenvalue weighted by atomic mass is 9.99. The molecule has 0 fully saturated rings. The molecule has 1 heterocycles. The number of hydrogen-bond acceptors (Lipinski definition) is 1. The maximum atomic E-state index is 10.9. The largest absolute Gasteiger partial charge is 0.478 e. The molecule has 3 nitrogen and oxygen atoms in total. The molecule has 27 heavy (non-hydrogen) atoms. The number of aromatic nitrogens is 1. The van der Waals surface area contributed by atoms with Gasteiger partial charge in [0.2, 0.25) is 0 Å². The first-order valence-electron chi connectivity index (χ1n) is 9.67. The van der Waals surface area contributed by atoms with Crippen LogP contribution in [0, 0.1) is 0 Å². The summed E-state index contributed by atoms with van der Waals surface area (Å²) in [5.74, 6) is -0.912. The third-order valence-electron chi connectivity index (χ3n) is 5.12. The lowest BCUT2D eigenvalue weighted by molar-refractivity contribution is -0.131. The van der Waals surface area contributed by atoms with E-state index in [0.29, 0.717) is 6.04 Å². The number of hydrogen-bond donors (Lipinski definition) is 1. The molecule has 0 saturated carbocycles. The second-order valence-corrected chi connectivity index (χ2v) is 7.08. The number of carboxylic acid groups (broad SMARTS) is 1. The van der Waals surface area contributed by atoms with Crippen molar-refractivity contribution in [2.45, 2.75) is 45.6 Å². The smallest absolute Gasteiger partial charge is 0.328 e. The molecule has 0 saturated heterocycles. The molecule has 0 aliphatic rings. The molecule has 0 aliphatic carbocycles. The Kier molecular flexibility index (Phi) is 6.12. The molecule has 0 spiro atoms. The lowest BCUT2D eigenvalue weighted by Gasteiger charge is -2.21. The van der Waals surface area contributed by atoms with Crippen molar-refractivity contribution < 1.29 is 9.90 Å². The zero-order chi connectivity index (χ0) is 19.2. The Morgan fingerprint density at radius 2 is 1.89 bits per heavy atom. The number of allylic oxidation sites excluding steroid dienone is 1. The molecule has 1 N–H and O–H groups in total. The topological polar surface area (TPSA) is 42.2 Å². The highest BCUT2D eigenvalue weighted by molar-refractivity contribution is 5.92. The van der Waals surface area contributed by atoms with Gasteiger partial charge >= 0.3 is 5.97 Å². The Balaban J connectivity index is 1.99. The van der Waals surface area contributed by atoms with Crippen molar-refractivity contribution in [3.8, 4) is 0 Å². The fourth-order valence-electron chi connectivity index (χ4n) is 3.68. The van der Waals surface area contributed by atoms with E-state index in [-0.39, 0.29) is 0 Å². The standard InChI is InChI=1S/C24H27NO2/c1-3-4-6-11-22(19-9-7-5-8-10-19)25-15-14-21-17-20(12-13-23(21)25)18(2)16-24(26)27/h5,7-10,12-17,22H,3-4,6,11H2,1-2H3,(H,26,27). The van der Waals surface area contributed by atoms with Gasteiger partial charge in [0.1, 0.15) is 0 Å². The van der Waals surface area contributed by atoms with Gasteiger partial charge in [-0.1, -0.05) is 62.6 Å². The van der Waals surface area contributed by atoms with Crippen molar-refractivity contribution in [2.24, 2.45) is 0 Å². The summed E-state index contributed by atoms with van der Waals surface area (Å²) in [6, 6.07) is 19.3. The van der Waals surface area contributed by atoms with Crippen LogP contribution in [0.4, 0.5) is 0 Å². The van der Waals surface area contributed by atoms with Crippen LogP contribution in [0.15, 0.2) is 66.9 Å². The summed E-state index contributed by atoms with van der Waals surface area (Å²) in [5, 5.41) is 10.1. The summed E-state index contributed by atoms with van der Waals surface area (Å²) in [6.07, 6.45) is 8.19. The summed E-state index contributed by atoms with van der Waals surface area (Å²) in [4.78, 5) is 10.9. The first-order valence-corrected chi connectivity index (χ1v) is 9.67. The fourth-order valence-corrected chi connectivity index (χ4v) is 3.68. The second kappa shape index (κ2) is 8.72. The number of rotatable bonds is 8. The summed E-state index contributed by atoms with van der Waals surface area (Å²) in [6.45, 7) is 4.07. The molecular formula is C24H27NO2. The molecule has 0 radical (unpaired) electrons. The van der Waals surface area contributed by atoms with Gasteiger partial charge in [0, 0.05) is 23.2 Å². The van der Waals surface area contributed by atoms with Gasteiger partial charge in [0.25, 0.3) is 0 Å². The number of fused-ring (bicyclic) bond motifs is 1. The molecule has 1 aromatic heterocycles. The molecule has 140 valence electrons. The predicted molar refractivity (Wildman–Crippen MR) is 112 cm³/mol. The van der Waals surface area contributed by atoms with Crippen LogP contribution >= 0.6 is 0 Å². The van der Waals surface area contributed by atoms with Crippen LogP contribution in [0.3, 0.4) is 0 Å². The number of aliphatic carboxylic acids is 1. The Morgan fingerprint density at radius 3 is 2.59 bits per heavy atom. The quantitative estimate of drug-likeness (QED) is 0.378. The zero-order valence-corrected chi connectivity index (χ0v) is 16.1. The predicted octanol–water partition coefficient (Wildman–Crippen LogP) is 6.30. The van der Waals surface area contributed by atoms with Crippen LogP contribution in [0.2, 0.25) is 0 Å². The van der Waals surface area contributed by atoms with Crippen molar-refractivity contribution in [1.29, 1.82) is 0 Å². The maximum absolute atomic E-state index is 10.9. The molecule has 3 rings (SSSR count). The molecule has 0 amide bonds. The van der Waals surface area contributed by atoms with E-state index in [9.17, 15) is 4.79 Å². The number of benzene rings is 2. The van der Waals surface area contributed by atoms with E-state index in [1.807, 2.05) is 13.0 Å². The number of carboxylic acids is 1. The summed E-state index contributed by atoms with van der Waals surface area (Å²) < 4.78 is 2.36. The Bertz CT molecular complexity index is 937. The third kappa shape index (κ3) is 4.48. The minimum atomic E-state index is -0.912. The van der Waals surface area contributed by atoms with Crippen LogP contribution in [0.25, 0.3) is 16.5 Å². The van der Waals surface area contributed by atoms with Crippen LogP contribution in [0.5, 0.6) is 0 Å². The highest BCUT2D eigenvalue weighted by atomic mass is 16.4. The van der Waals surface area contributed by atoms with E-state index in [2.05, 4.69) is 66.2 Å². The minimum Gasteiger partial charge on any atom is -0.478 e. The van der Waals surface area contributed by atoms with Gasteiger partial charge in [0.15, 0.2) is 0 Å². The first-order chi connectivity index (χ1) is 13.1. The van der Waals surface area contributed by atoms with Gasteiger partial charge in [-0.25, -0.2) is 4.79 Å². The highest BCUT2D eigenvalue weighted by Crippen LogP contribution is 2.30. The monoisotopic (exact) mass is 361 g/mol. The highest BCUT2D eigenvalue weighted by Gasteiger charge is 2.15. The van der Waals surface area contributed by atoms with Crippen molar-refractivity contribution in [1.82, 2.24) is 4.57 Å². The SMILES string of the molecule is CCCCCC(c1ccccc1)n1ccc2cc(C(C)=CC(=O)O)ccc21. The molecule has 3 heteroatoms. The molecule has 0 aliphatic heterocycles.